The first-order chi connectivity index (χ1) is 15.4. The van der Waals surface area contributed by atoms with Crippen molar-refractivity contribution in [3.63, 3.8) is 0 Å². The number of carbonyl (C=O) groups is 1. The van der Waals surface area contributed by atoms with Crippen LogP contribution in [0.15, 0.2) is 41.8 Å². The Morgan fingerprint density at radius 2 is 1.91 bits per heavy atom. The number of rotatable bonds is 7. The van der Waals surface area contributed by atoms with Crippen LogP contribution in [0.25, 0.3) is 22.9 Å². The lowest BCUT2D eigenvalue weighted by atomic mass is 10.1. The van der Waals surface area contributed by atoms with E-state index in [9.17, 15) is 20.2 Å². The van der Waals surface area contributed by atoms with E-state index in [0.717, 1.165) is 0 Å². The third-order valence-electron chi connectivity index (χ3n) is 4.25. The van der Waals surface area contributed by atoms with Crippen LogP contribution in [0, 0.1) is 21.4 Å². The van der Waals surface area contributed by atoms with Crippen molar-refractivity contribution >= 4 is 34.6 Å². The molecule has 1 heterocycles. The van der Waals surface area contributed by atoms with E-state index in [1.54, 1.807) is 35.7 Å². The van der Waals surface area contributed by atoms with Crippen molar-refractivity contribution in [3.8, 4) is 34.6 Å². The monoisotopic (exact) mass is 451 g/mol. The summed E-state index contributed by atoms with van der Waals surface area (Å²) >= 11 is 1.24. The highest BCUT2D eigenvalue weighted by Crippen LogP contribution is 2.40. The Morgan fingerprint density at radius 1 is 1.22 bits per heavy atom. The molecule has 9 nitrogen and oxygen atoms in total. The largest absolute Gasteiger partial charge is 0.493 e. The van der Waals surface area contributed by atoms with Crippen molar-refractivity contribution in [2.24, 2.45) is 0 Å². The van der Waals surface area contributed by atoms with Crippen molar-refractivity contribution in [1.82, 2.24) is 4.98 Å². The van der Waals surface area contributed by atoms with Gasteiger partial charge in [0, 0.05) is 30.0 Å². The van der Waals surface area contributed by atoms with Gasteiger partial charge in [-0.3, -0.25) is 14.9 Å². The number of ether oxygens (including phenoxy) is 3. The number of methoxy groups -OCH3 is 2. The maximum Gasteiger partial charge on any atom is 0.308 e. The summed E-state index contributed by atoms with van der Waals surface area (Å²) in [7, 11) is 2.85. The highest BCUT2D eigenvalue weighted by molar-refractivity contribution is 7.11. The molecule has 3 aromatic rings. The molecule has 162 valence electrons. The molecule has 0 amide bonds. The summed E-state index contributed by atoms with van der Waals surface area (Å²) in [5.41, 5.74) is 1.90. The second kappa shape index (κ2) is 9.72. The van der Waals surface area contributed by atoms with Crippen LogP contribution in [-0.4, -0.2) is 30.1 Å². The molecule has 0 aliphatic rings. The van der Waals surface area contributed by atoms with Gasteiger partial charge in [-0.2, -0.15) is 5.26 Å². The van der Waals surface area contributed by atoms with Crippen molar-refractivity contribution in [2.45, 2.75) is 6.92 Å². The van der Waals surface area contributed by atoms with Crippen LogP contribution in [0.3, 0.4) is 0 Å². The number of hydrogen-bond donors (Lipinski definition) is 0. The van der Waals surface area contributed by atoms with E-state index in [1.165, 1.54) is 44.6 Å². The first-order valence-electron chi connectivity index (χ1n) is 9.13. The van der Waals surface area contributed by atoms with Crippen molar-refractivity contribution in [1.29, 1.82) is 5.26 Å². The number of nitro groups is 1. The van der Waals surface area contributed by atoms with Gasteiger partial charge < -0.3 is 14.2 Å². The molecule has 0 aliphatic heterocycles. The number of carbonyl (C=O) groups excluding carboxylic acids is 1. The Balaban J connectivity index is 2.00. The summed E-state index contributed by atoms with van der Waals surface area (Å²) in [6, 6.07) is 11.4. The van der Waals surface area contributed by atoms with Crippen LogP contribution in [-0.2, 0) is 4.79 Å². The number of nitriles is 1. The van der Waals surface area contributed by atoms with Gasteiger partial charge in [0.25, 0.3) is 5.69 Å². The van der Waals surface area contributed by atoms with Crippen LogP contribution < -0.4 is 14.2 Å². The number of nitro benzene ring substituents is 1. The fourth-order valence-corrected chi connectivity index (χ4v) is 3.64. The minimum atomic E-state index is -0.529. The Bertz CT molecular complexity index is 1230. The topological polar surface area (TPSA) is 125 Å². The molecular weight excluding hydrogens is 434 g/mol. The number of hydrogen-bond acceptors (Lipinski definition) is 9. The predicted octanol–water partition coefficient (Wildman–Crippen LogP) is 4.72. The first-order valence-corrected chi connectivity index (χ1v) is 10.0. The fraction of sp³-hybridized carbons (Fsp3) is 0.136. The number of allylic oxidation sites excluding steroid dienone is 1. The van der Waals surface area contributed by atoms with Gasteiger partial charge in [-0.15, -0.1) is 11.3 Å². The third-order valence-corrected chi connectivity index (χ3v) is 5.12. The zero-order valence-electron chi connectivity index (χ0n) is 17.3. The minimum absolute atomic E-state index is 0.0415. The van der Waals surface area contributed by atoms with E-state index in [-0.39, 0.29) is 28.5 Å². The van der Waals surface area contributed by atoms with Crippen LogP contribution in [0.4, 0.5) is 5.69 Å². The molecular formula is C22H17N3O6S. The van der Waals surface area contributed by atoms with Gasteiger partial charge in [0.2, 0.25) is 5.75 Å². The molecule has 0 atom stereocenters. The van der Waals surface area contributed by atoms with E-state index in [4.69, 9.17) is 14.2 Å². The maximum atomic E-state index is 11.4. The number of esters is 1. The Morgan fingerprint density at radius 3 is 2.47 bits per heavy atom. The number of nitrogens with zero attached hydrogens (tertiary/aromatic N) is 3. The van der Waals surface area contributed by atoms with Gasteiger partial charge in [0.15, 0.2) is 11.5 Å². The highest BCUT2D eigenvalue weighted by Gasteiger charge is 2.17. The summed E-state index contributed by atoms with van der Waals surface area (Å²) in [5.74, 6) is 0.137. The quantitative estimate of drug-likeness (QED) is 0.166. The molecule has 0 N–H and O–H groups in total. The van der Waals surface area contributed by atoms with Gasteiger partial charge in [0.1, 0.15) is 11.1 Å². The van der Waals surface area contributed by atoms with Crippen molar-refractivity contribution < 1.29 is 23.9 Å². The van der Waals surface area contributed by atoms with Crippen LogP contribution in [0.2, 0.25) is 0 Å². The second-order valence-corrected chi connectivity index (χ2v) is 7.22. The van der Waals surface area contributed by atoms with Gasteiger partial charge in [0.05, 0.1) is 30.4 Å². The lowest BCUT2D eigenvalue weighted by Gasteiger charge is -2.13. The number of non-ortho nitro benzene ring substituents is 1. The summed E-state index contributed by atoms with van der Waals surface area (Å²) in [6.07, 6.45) is 1.60. The van der Waals surface area contributed by atoms with Crippen molar-refractivity contribution in [2.75, 3.05) is 14.2 Å². The molecule has 0 unspecified atom stereocenters. The Labute approximate surface area is 187 Å². The molecule has 32 heavy (non-hydrogen) atoms. The summed E-state index contributed by atoms with van der Waals surface area (Å²) in [5, 5.41) is 22.9. The molecule has 0 saturated carbocycles. The third kappa shape index (κ3) is 4.91. The molecule has 0 fully saturated rings. The molecule has 0 spiro atoms. The summed E-state index contributed by atoms with van der Waals surface area (Å²) < 4.78 is 15.8. The number of thiazole rings is 1. The van der Waals surface area contributed by atoms with E-state index >= 15 is 0 Å². The van der Waals surface area contributed by atoms with Crippen LogP contribution in [0.5, 0.6) is 17.2 Å². The summed E-state index contributed by atoms with van der Waals surface area (Å²) in [4.78, 5) is 26.4. The van der Waals surface area contributed by atoms with Gasteiger partial charge in [-0.05, 0) is 23.8 Å². The number of benzene rings is 2. The normalized spacial score (nSPS) is 10.9. The predicted molar refractivity (Wildman–Crippen MR) is 119 cm³/mol. The van der Waals surface area contributed by atoms with Gasteiger partial charge in [-0.1, -0.05) is 12.1 Å². The first kappa shape index (κ1) is 22.5. The van der Waals surface area contributed by atoms with E-state index < -0.39 is 10.9 Å². The smallest absolute Gasteiger partial charge is 0.308 e. The fourth-order valence-electron chi connectivity index (χ4n) is 2.85. The van der Waals surface area contributed by atoms with E-state index in [1.807, 2.05) is 0 Å². The average Bonchev–Trinajstić information content (AvgIpc) is 3.27. The molecule has 0 saturated heterocycles. The SMILES string of the molecule is COc1cc(C=C(C#N)c2nc(-c3cccc([N+](=O)[O-])c3)cs2)cc(OC)c1OC(C)=O. The Hall–Kier alpha value is -4.23. The molecule has 1 aromatic heterocycles. The zero-order valence-corrected chi connectivity index (χ0v) is 18.1. The molecule has 0 aliphatic carbocycles. The van der Waals surface area contributed by atoms with E-state index in [2.05, 4.69) is 11.1 Å². The second-order valence-electron chi connectivity index (χ2n) is 6.36. The molecule has 3 rings (SSSR count). The molecule has 2 aromatic carbocycles. The van der Waals surface area contributed by atoms with Crippen LogP contribution >= 0.6 is 11.3 Å². The minimum Gasteiger partial charge on any atom is -0.493 e. The maximum absolute atomic E-state index is 11.4. The molecule has 10 heteroatoms. The lowest BCUT2D eigenvalue weighted by Crippen LogP contribution is -2.05. The standard InChI is InChI=1S/C22H17N3O6S/c1-13(26)31-21-19(29-2)8-14(9-20(21)30-3)7-16(11-23)22-24-18(12-32-22)15-5-4-6-17(10-15)25(27)28/h4-10,12H,1-3H3. The van der Waals surface area contributed by atoms with Gasteiger partial charge >= 0.3 is 5.97 Å². The van der Waals surface area contributed by atoms with Crippen LogP contribution in [0.1, 0.15) is 17.5 Å². The lowest BCUT2D eigenvalue weighted by molar-refractivity contribution is -0.384. The highest BCUT2D eigenvalue weighted by atomic mass is 32.1. The molecule has 0 radical (unpaired) electrons. The van der Waals surface area contributed by atoms with Crippen molar-refractivity contribution in [3.05, 3.63) is 62.5 Å². The Kier molecular flexibility index (Phi) is 6.82. The average molecular weight is 451 g/mol. The van der Waals surface area contributed by atoms with Gasteiger partial charge in [-0.25, -0.2) is 4.98 Å². The zero-order chi connectivity index (χ0) is 23.3. The number of aromatic nitrogens is 1. The van der Waals surface area contributed by atoms with E-state index in [0.29, 0.717) is 21.8 Å². The molecule has 0 bridgehead atoms. The summed E-state index contributed by atoms with van der Waals surface area (Å²) in [6.45, 7) is 1.27.